The van der Waals surface area contributed by atoms with Crippen molar-refractivity contribution >= 4 is 16.6 Å². The molecule has 2 aromatic rings. The number of carbonyl (C=O) groups is 1. The molecule has 0 radical (unpaired) electrons. The highest BCUT2D eigenvalue weighted by Crippen LogP contribution is 2.69. The van der Waals surface area contributed by atoms with Gasteiger partial charge < -0.3 is 9.84 Å². The molecule has 2 bridgehead atoms. The minimum absolute atomic E-state index is 0.0562. The van der Waals surface area contributed by atoms with Crippen molar-refractivity contribution in [3.63, 3.8) is 0 Å². The molecule has 2 aliphatic heterocycles. The Kier molecular flexibility index (Phi) is 3.71. The van der Waals surface area contributed by atoms with E-state index in [1.54, 1.807) is 0 Å². The third-order valence-corrected chi connectivity index (χ3v) is 9.71. The van der Waals surface area contributed by atoms with Gasteiger partial charge in [-0.05, 0) is 90.0 Å². The Morgan fingerprint density at radius 3 is 2.88 bits per heavy atom. The number of aromatic nitrogens is 1. The summed E-state index contributed by atoms with van der Waals surface area (Å²) in [6, 6.07) is 8.93. The van der Waals surface area contributed by atoms with Gasteiger partial charge in [-0.25, -0.2) is 0 Å². The summed E-state index contributed by atoms with van der Waals surface area (Å²) in [5.74, 6) is 0.804. The van der Waals surface area contributed by atoms with Crippen molar-refractivity contribution in [2.45, 2.75) is 75.1 Å². The van der Waals surface area contributed by atoms with Crippen molar-refractivity contribution in [2.75, 3.05) is 0 Å². The maximum absolute atomic E-state index is 12.4. The molecule has 5 aliphatic rings. The minimum Gasteiger partial charge on any atom is -0.382 e. The molecule has 3 heterocycles. The van der Waals surface area contributed by atoms with E-state index >= 15 is 0 Å². The second-order valence-corrected chi connectivity index (χ2v) is 11.0. The minimum atomic E-state index is -1.01. The lowest BCUT2D eigenvalue weighted by Gasteiger charge is -2.54. The maximum atomic E-state index is 12.4. The summed E-state index contributed by atoms with van der Waals surface area (Å²) in [5, 5.41) is 13.4. The topological polar surface area (TPSA) is 59.4 Å². The van der Waals surface area contributed by atoms with E-state index in [1.165, 1.54) is 21.9 Å². The van der Waals surface area contributed by atoms with Gasteiger partial charge in [0.2, 0.25) is 0 Å². The molecule has 2 saturated carbocycles. The summed E-state index contributed by atoms with van der Waals surface area (Å²) in [6.45, 7) is 2.45. The zero-order valence-electron chi connectivity index (χ0n) is 18.5. The number of aliphatic hydroxyl groups excluding tert-OH is 1. The van der Waals surface area contributed by atoms with Crippen molar-refractivity contribution < 1.29 is 14.6 Å². The van der Waals surface area contributed by atoms with Crippen LogP contribution in [-0.2, 0) is 9.53 Å². The van der Waals surface area contributed by atoms with E-state index in [0.29, 0.717) is 18.3 Å². The molecule has 1 saturated heterocycles. The number of Topliss-reactive ketones (excluding diaryl/α,β-unsaturated/α-hetero) is 1. The van der Waals surface area contributed by atoms with Gasteiger partial charge in [-0.15, -0.1) is 0 Å². The second kappa shape index (κ2) is 6.18. The van der Waals surface area contributed by atoms with Gasteiger partial charge in [0, 0.05) is 24.2 Å². The highest BCUT2D eigenvalue weighted by atomic mass is 16.5. The average molecular weight is 428 g/mol. The molecule has 2 spiro atoms. The lowest BCUT2D eigenvalue weighted by molar-refractivity contribution is -0.177. The van der Waals surface area contributed by atoms with Crippen LogP contribution in [-0.4, -0.2) is 33.2 Å². The number of hydrogen-bond donors (Lipinski definition) is 1. The van der Waals surface area contributed by atoms with Crippen LogP contribution in [0.1, 0.15) is 63.4 Å². The molecule has 7 rings (SSSR count). The number of ether oxygens (including phenoxy) is 1. The Labute approximate surface area is 188 Å². The highest BCUT2D eigenvalue weighted by Gasteiger charge is 2.68. The molecule has 6 atom stereocenters. The molecule has 1 aromatic heterocycles. The quantitative estimate of drug-likeness (QED) is 0.695. The summed E-state index contributed by atoms with van der Waals surface area (Å²) >= 11 is 0. The van der Waals surface area contributed by atoms with Crippen LogP contribution >= 0.6 is 0 Å². The standard InChI is InChI=1S/C28H29NO3/c1-26-10-8-21-15-20-4-6-23(30)25(31)28(20)12-11-27(21,32-28)24(26)7-5-22(26)18-3-2-17-9-13-29-16-19(17)14-18/h2-3,8-9,13-16,22,24-25,31H,4-7,10-12H2,1H3/t22-,24-,25+,26-,27-,28+/m1/s1. The van der Waals surface area contributed by atoms with Crippen LogP contribution in [0.2, 0.25) is 0 Å². The van der Waals surface area contributed by atoms with Crippen molar-refractivity contribution in [1.29, 1.82) is 0 Å². The predicted molar refractivity (Wildman–Crippen MR) is 122 cm³/mol. The van der Waals surface area contributed by atoms with E-state index < -0.39 is 11.7 Å². The molecule has 0 unspecified atom stereocenters. The van der Waals surface area contributed by atoms with Gasteiger partial charge in [0.15, 0.2) is 5.78 Å². The molecule has 3 aliphatic carbocycles. The summed E-state index contributed by atoms with van der Waals surface area (Å²) in [4.78, 5) is 16.8. The van der Waals surface area contributed by atoms with E-state index in [9.17, 15) is 9.90 Å². The third-order valence-electron chi connectivity index (χ3n) is 9.71. The van der Waals surface area contributed by atoms with Gasteiger partial charge in [-0.2, -0.15) is 0 Å². The number of hydrogen-bond acceptors (Lipinski definition) is 4. The number of ketones is 1. The Balaban J connectivity index is 1.32. The van der Waals surface area contributed by atoms with Gasteiger partial charge >= 0.3 is 0 Å². The van der Waals surface area contributed by atoms with Crippen LogP contribution in [0.15, 0.2) is 60.0 Å². The first-order chi connectivity index (χ1) is 15.5. The molecule has 1 N–H and O–H groups in total. The van der Waals surface area contributed by atoms with Crippen molar-refractivity contribution in [3.8, 4) is 0 Å². The molecule has 3 fully saturated rings. The molecule has 164 valence electrons. The first kappa shape index (κ1) is 19.2. The SMILES string of the molecule is C[C@]12CC=C3C=C4CCC(=O)[C@H](O)[C@]45CC[C@]3(O5)[C@@H]1CC[C@@H]2c1ccc2ccncc2c1. The smallest absolute Gasteiger partial charge is 0.164 e. The van der Waals surface area contributed by atoms with Gasteiger partial charge in [0.05, 0.1) is 5.60 Å². The predicted octanol–water partition coefficient (Wildman–Crippen LogP) is 5.02. The average Bonchev–Trinajstić information content (AvgIpc) is 3.33. The Bertz CT molecular complexity index is 1230. The van der Waals surface area contributed by atoms with E-state index in [4.69, 9.17) is 4.74 Å². The number of benzene rings is 1. The van der Waals surface area contributed by atoms with Crippen LogP contribution in [0.25, 0.3) is 10.8 Å². The Hall–Kier alpha value is -2.30. The fourth-order valence-electron chi connectivity index (χ4n) is 8.13. The van der Waals surface area contributed by atoms with Crippen LogP contribution in [0.4, 0.5) is 0 Å². The first-order valence-electron chi connectivity index (χ1n) is 12.1. The van der Waals surface area contributed by atoms with E-state index in [1.807, 2.05) is 12.4 Å². The van der Waals surface area contributed by atoms with E-state index in [2.05, 4.69) is 48.3 Å². The lowest BCUT2D eigenvalue weighted by Crippen LogP contribution is -2.58. The highest BCUT2D eigenvalue weighted by molar-refractivity contribution is 5.87. The van der Waals surface area contributed by atoms with Crippen LogP contribution in [0.5, 0.6) is 0 Å². The fourth-order valence-corrected chi connectivity index (χ4v) is 8.13. The van der Waals surface area contributed by atoms with Gasteiger partial charge in [0.1, 0.15) is 11.7 Å². The van der Waals surface area contributed by atoms with Crippen molar-refractivity contribution in [1.82, 2.24) is 4.98 Å². The van der Waals surface area contributed by atoms with Gasteiger partial charge in [-0.1, -0.05) is 31.2 Å². The Morgan fingerprint density at radius 1 is 1.09 bits per heavy atom. The largest absolute Gasteiger partial charge is 0.382 e. The van der Waals surface area contributed by atoms with Crippen LogP contribution in [0.3, 0.4) is 0 Å². The molecular formula is C28H29NO3. The maximum Gasteiger partial charge on any atom is 0.164 e. The molecule has 32 heavy (non-hydrogen) atoms. The summed E-state index contributed by atoms with van der Waals surface area (Å²) in [7, 11) is 0. The summed E-state index contributed by atoms with van der Waals surface area (Å²) < 4.78 is 6.98. The van der Waals surface area contributed by atoms with Crippen molar-refractivity contribution in [3.05, 3.63) is 65.5 Å². The van der Waals surface area contributed by atoms with E-state index in [0.717, 1.165) is 44.1 Å². The lowest BCUT2D eigenvalue weighted by atomic mass is 9.58. The number of fused-ring (bicyclic) bond motifs is 2. The molecule has 4 heteroatoms. The monoisotopic (exact) mass is 427 g/mol. The third kappa shape index (κ3) is 2.20. The summed E-state index contributed by atoms with van der Waals surface area (Å²) in [5.41, 5.74) is 2.81. The van der Waals surface area contributed by atoms with Crippen LogP contribution < -0.4 is 0 Å². The number of allylic oxidation sites excluding steroid dienone is 1. The zero-order valence-corrected chi connectivity index (χ0v) is 18.5. The van der Waals surface area contributed by atoms with Gasteiger partial charge in [-0.3, -0.25) is 9.78 Å². The van der Waals surface area contributed by atoms with Crippen LogP contribution in [0, 0.1) is 11.3 Å². The Morgan fingerprint density at radius 2 is 1.97 bits per heavy atom. The zero-order chi connectivity index (χ0) is 21.7. The summed E-state index contributed by atoms with van der Waals surface area (Å²) in [6.07, 6.45) is 13.6. The number of aliphatic hydroxyl groups is 1. The number of carbonyl (C=O) groups excluding carboxylic acids is 1. The van der Waals surface area contributed by atoms with Gasteiger partial charge in [0.25, 0.3) is 0 Å². The number of pyridine rings is 1. The number of rotatable bonds is 1. The molecule has 1 aromatic carbocycles. The fraction of sp³-hybridized carbons (Fsp3) is 0.500. The molecule has 0 amide bonds. The van der Waals surface area contributed by atoms with Crippen molar-refractivity contribution in [2.24, 2.45) is 11.3 Å². The number of nitrogens with zero attached hydrogens (tertiary/aromatic N) is 1. The molecular weight excluding hydrogens is 398 g/mol. The second-order valence-electron chi connectivity index (χ2n) is 11.0. The molecule has 4 nitrogen and oxygen atoms in total. The first-order valence-corrected chi connectivity index (χ1v) is 12.1. The van der Waals surface area contributed by atoms with E-state index in [-0.39, 0.29) is 16.8 Å². The normalized spacial score (nSPS) is 42.2.